The lowest BCUT2D eigenvalue weighted by atomic mass is 9.92. The van der Waals surface area contributed by atoms with Crippen molar-refractivity contribution in [2.75, 3.05) is 26.4 Å². The summed E-state index contributed by atoms with van der Waals surface area (Å²) in [5.74, 6) is -7.47. The summed E-state index contributed by atoms with van der Waals surface area (Å²) < 4.78 is 129. The van der Waals surface area contributed by atoms with Gasteiger partial charge < -0.3 is 89.7 Å². The number of ether oxygens (including phenoxy) is 18. The molecule has 7 aliphatic heterocycles. The molecular formula is C87H104N2O28Si. The van der Waals surface area contributed by atoms with Gasteiger partial charge in [0.15, 0.2) is 64.2 Å². The first-order valence-electron chi connectivity index (χ1n) is 39.4. The Kier molecular flexibility index (Phi) is 29.1. The van der Waals surface area contributed by atoms with Gasteiger partial charge in [-0.2, -0.15) is 0 Å². The number of esters is 5. The summed E-state index contributed by atoms with van der Waals surface area (Å²) in [5, 5.41) is -0.482. The Morgan fingerprint density at radius 3 is 1.18 bits per heavy atom. The highest BCUT2D eigenvalue weighted by molar-refractivity contribution is 6.74. The zero-order valence-electron chi connectivity index (χ0n) is 68.5. The summed E-state index contributed by atoms with van der Waals surface area (Å²) in [5.41, 5.74) is 3.64. The summed E-state index contributed by atoms with van der Waals surface area (Å²) >= 11 is 0. The minimum absolute atomic E-state index is 0.0153. The summed E-state index contributed by atoms with van der Waals surface area (Å²) in [6, 6.07) is 42.1. The Balaban J connectivity index is 1.04. The third kappa shape index (κ3) is 20.6. The van der Waals surface area contributed by atoms with Gasteiger partial charge in [-0.25, -0.2) is 0 Å². The molecule has 5 aromatic carbocycles. The van der Waals surface area contributed by atoms with Crippen molar-refractivity contribution in [3.8, 4) is 0 Å². The van der Waals surface area contributed by atoms with Crippen LogP contribution in [0.4, 0.5) is 0 Å². The molecule has 0 aliphatic carbocycles. The predicted molar refractivity (Wildman–Crippen MR) is 417 cm³/mol. The van der Waals surface area contributed by atoms with Crippen molar-refractivity contribution in [1.82, 2.24) is 9.80 Å². The first-order chi connectivity index (χ1) is 56.4. The Hall–Kier alpha value is -9.13. The molecule has 634 valence electrons. The van der Waals surface area contributed by atoms with Crippen LogP contribution in [0, 0.1) is 0 Å². The maximum Gasteiger partial charge on any atom is 0.303 e. The molecule has 5 aromatic rings. The van der Waals surface area contributed by atoms with Gasteiger partial charge in [0.05, 0.1) is 46.2 Å². The van der Waals surface area contributed by atoms with Crippen LogP contribution in [-0.4, -0.2) is 221 Å². The summed E-state index contributed by atoms with van der Waals surface area (Å²) in [6.45, 7) is 19.5. The van der Waals surface area contributed by atoms with Crippen molar-refractivity contribution in [3.63, 3.8) is 0 Å². The van der Waals surface area contributed by atoms with E-state index < -0.39 is 209 Å². The number of hydrogen-bond acceptors (Lipinski definition) is 28. The van der Waals surface area contributed by atoms with Crippen molar-refractivity contribution in [1.29, 1.82) is 0 Å². The van der Waals surface area contributed by atoms with Crippen molar-refractivity contribution in [2.24, 2.45) is 0 Å². The predicted octanol–water partition coefficient (Wildman–Crippen LogP) is 9.22. The molecule has 0 spiro atoms. The highest BCUT2D eigenvalue weighted by Gasteiger charge is 2.64. The van der Waals surface area contributed by atoms with Crippen LogP contribution < -0.4 is 0 Å². The van der Waals surface area contributed by atoms with E-state index in [4.69, 9.17) is 89.7 Å². The van der Waals surface area contributed by atoms with Gasteiger partial charge in [-0.3, -0.25) is 53.0 Å². The number of fused-ring (bicyclic) bond motifs is 1. The molecule has 0 N–H and O–H groups in total. The third-order valence-electron chi connectivity index (χ3n) is 22.2. The van der Waals surface area contributed by atoms with Crippen LogP contribution in [0.1, 0.15) is 117 Å². The van der Waals surface area contributed by atoms with Crippen molar-refractivity contribution in [3.05, 3.63) is 202 Å². The molecule has 5 fully saturated rings. The summed E-state index contributed by atoms with van der Waals surface area (Å²) in [4.78, 5) is 131. The topological polar surface area (TPSA) is 335 Å². The lowest BCUT2D eigenvalue weighted by molar-refractivity contribution is -0.406. The maximum atomic E-state index is 15.6. The van der Waals surface area contributed by atoms with Crippen LogP contribution >= 0.6 is 0 Å². The third-order valence-corrected chi connectivity index (χ3v) is 26.6. The number of rotatable bonds is 31. The first kappa shape index (κ1) is 88.2. The Labute approximate surface area is 686 Å². The fourth-order valence-electron chi connectivity index (χ4n) is 15.0. The molecule has 30 nitrogen and oxygen atoms in total. The lowest BCUT2D eigenvalue weighted by Crippen LogP contribution is -2.72. The van der Waals surface area contributed by atoms with Gasteiger partial charge in [0.1, 0.15) is 79.7 Å². The Morgan fingerprint density at radius 2 is 0.754 bits per heavy atom. The van der Waals surface area contributed by atoms with Gasteiger partial charge in [-0.1, -0.05) is 172 Å². The molecule has 0 bridgehead atoms. The summed E-state index contributed by atoms with van der Waals surface area (Å²) in [6.07, 6.45) is -30.7. The number of benzene rings is 5. The van der Waals surface area contributed by atoms with E-state index in [0.717, 1.165) is 50.0 Å². The van der Waals surface area contributed by atoms with E-state index in [2.05, 4.69) is 0 Å². The molecule has 7 aliphatic rings. The van der Waals surface area contributed by atoms with E-state index in [-0.39, 0.29) is 61.9 Å². The van der Waals surface area contributed by atoms with Crippen LogP contribution in [0.2, 0.25) is 18.1 Å². The fraction of sp³-hybridized carbons (Fsp3) is 0.506. The van der Waals surface area contributed by atoms with Gasteiger partial charge in [0.2, 0.25) is 0 Å². The molecule has 0 aromatic heterocycles. The van der Waals surface area contributed by atoms with Crippen LogP contribution in [0.15, 0.2) is 174 Å². The SMILES string of the molecule is CC(=O)OC[C@H]1O[C@@H](O[C@H]2[C@H](OCc3ccccc3)[C@@H](N3C(=O)C(C)=C(C)C3=O)[C@H](O[C@H]3[C@H]4O[C@@H](c5ccccc5)OC[C@H]4O[C@@H](O[C@H]4[C@H](OCc5ccccc5)[C@@H](N5C(=O)C(C)=C(C)C5=O)[C@H](O[Si](C)(C)C(C)(C)C)O[C@@H]4COCc4ccccc4)[C@@H]3OC(C)=O)O[C@@H]2COCc2ccccc2)[C@H](OC(C)=O)[C@@H](OC(C)=O)[C@H]1OC(C)=O. The Bertz CT molecular complexity index is 4370. The second kappa shape index (κ2) is 38.9. The van der Waals surface area contributed by atoms with E-state index >= 15 is 19.2 Å². The molecule has 0 saturated carbocycles. The number of nitrogens with zero attached hydrogens (tertiary/aromatic N) is 2. The van der Waals surface area contributed by atoms with Gasteiger partial charge in [0.25, 0.3) is 23.6 Å². The van der Waals surface area contributed by atoms with Crippen LogP contribution in [-0.2, 0) is 159 Å². The van der Waals surface area contributed by atoms with E-state index in [1.165, 1.54) is 13.8 Å². The molecule has 0 radical (unpaired) electrons. The quantitative estimate of drug-likeness (QED) is 0.0173. The number of carbonyl (C=O) groups is 9. The maximum absolute atomic E-state index is 15.6. The summed E-state index contributed by atoms with van der Waals surface area (Å²) in [7, 11) is -3.01. The van der Waals surface area contributed by atoms with Crippen LogP contribution in [0.3, 0.4) is 0 Å². The number of imide groups is 2. The molecule has 118 heavy (non-hydrogen) atoms. The van der Waals surface area contributed by atoms with E-state index in [1.807, 2.05) is 125 Å². The first-order valence-corrected chi connectivity index (χ1v) is 42.3. The van der Waals surface area contributed by atoms with Crippen molar-refractivity contribution in [2.45, 2.75) is 257 Å². The largest absolute Gasteiger partial charge is 0.463 e. The minimum Gasteiger partial charge on any atom is -0.463 e. The molecule has 5 saturated heterocycles. The van der Waals surface area contributed by atoms with E-state index in [0.29, 0.717) is 22.3 Å². The molecule has 0 unspecified atom stereocenters. The Morgan fingerprint density at radius 1 is 0.398 bits per heavy atom. The monoisotopic (exact) mass is 1650 g/mol. The van der Waals surface area contributed by atoms with Gasteiger partial charge in [-0.15, -0.1) is 0 Å². The smallest absolute Gasteiger partial charge is 0.303 e. The van der Waals surface area contributed by atoms with Crippen molar-refractivity contribution < 1.29 is 133 Å². The number of amides is 4. The van der Waals surface area contributed by atoms with E-state index in [9.17, 15) is 24.0 Å². The highest BCUT2D eigenvalue weighted by Crippen LogP contribution is 2.47. The van der Waals surface area contributed by atoms with Gasteiger partial charge in [-0.05, 0) is 68.1 Å². The lowest BCUT2D eigenvalue weighted by Gasteiger charge is -2.54. The molecule has 21 atom stereocenters. The number of hydrogen-bond donors (Lipinski definition) is 0. The molecule has 7 heterocycles. The van der Waals surface area contributed by atoms with Gasteiger partial charge in [0, 0.05) is 62.5 Å². The van der Waals surface area contributed by atoms with E-state index in [1.54, 1.807) is 74.5 Å². The number of carbonyl (C=O) groups excluding carboxylic acids is 9. The van der Waals surface area contributed by atoms with Crippen LogP contribution in [0.5, 0.6) is 0 Å². The minimum atomic E-state index is -3.01. The second-order valence-corrected chi connectivity index (χ2v) is 36.3. The standard InChI is InChI=1S/C87H104N2O28Si/c1-48-49(2)79(96)88(78(48)95)66-72(102-42-59-34-24-17-25-35-59)68(114-85-76(107-55(8)93)74(106-54(7)92)70(105-53(6)91)64(111-85)46-101-52(5)90)62(44-99-40-57-30-20-15-21-31-57)109-83(66)116-75-71-65(47-104-82(113-71)61-38-28-19-29-39-61)112-86(77(75)108-56(9)94)115-69-63(45-100-41-58-32-22-16-23-33-58)110-84(117-118(13,14)87(10,11)12)67(89-80(97)50(3)51(4)81(89)98)73(69)103-43-60-36-26-18-27-37-60/h15-39,62-77,82-86H,40-47H2,1-14H3/t62-,63-,64-,65-,66-,67-,68-,69-,70+,71+,72-,73-,74+,75+,76-,77-,82+,83+,84+,85+,86+/m1/s1. The zero-order valence-corrected chi connectivity index (χ0v) is 69.5. The fourth-order valence-corrected chi connectivity index (χ4v) is 16.1. The molecular weight excluding hydrogens is 1550 g/mol. The van der Waals surface area contributed by atoms with Crippen LogP contribution in [0.25, 0.3) is 0 Å². The van der Waals surface area contributed by atoms with Crippen molar-refractivity contribution >= 4 is 61.8 Å². The molecule has 12 rings (SSSR count). The normalized spacial score (nSPS) is 30.1. The van der Waals surface area contributed by atoms with Gasteiger partial charge >= 0.3 is 29.8 Å². The second-order valence-electron chi connectivity index (χ2n) is 31.6. The molecule has 4 amide bonds. The zero-order chi connectivity index (χ0) is 84.4. The average molecular weight is 1650 g/mol. The highest BCUT2D eigenvalue weighted by atomic mass is 28.4. The molecule has 31 heteroatoms. The average Bonchev–Trinajstić information content (AvgIpc) is 1.36.